The molecular formula is C23H28FN3O3. The number of benzene rings is 1. The molecule has 6 nitrogen and oxygen atoms in total. The van der Waals surface area contributed by atoms with Gasteiger partial charge in [0.1, 0.15) is 22.9 Å². The maximum absolute atomic E-state index is 15.1. The van der Waals surface area contributed by atoms with Crippen LogP contribution in [-0.4, -0.2) is 39.5 Å². The van der Waals surface area contributed by atoms with Gasteiger partial charge in [-0.3, -0.25) is 4.79 Å². The van der Waals surface area contributed by atoms with Crippen molar-refractivity contribution >= 4 is 28.4 Å². The summed E-state index contributed by atoms with van der Waals surface area (Å²) in [5.41, 5.74) is -0.277. The minimum Gasteiger partial charge on any atom is -0.477 e. The number of aryl methyl sites for hydroxylation is 1. The van der Waals surface area contributed by atoms with Crippen molar-refractivity contribution in [3.05, 3.63) is 39.9 Å². The average molecular weight is 413 g/mol. The van der Waals surface area contributed by atoms with Crippen LogP contribution in [0.15, 0.2) is 28.1 Å². The fourth-order valence-corrected chi connectivity index (χ4v) is 4.75. The summed E-state index contributed by atoms with van der Waals surface area (Å²) in [4.78, 5) is 31.1. The van der Waals surface area contributed by atoms with Crippen LogP contribution in [0.3, 0.4) is 0 Å². The number of carboxylic acid groups (broad SMARTS) is 1. The quantitative estimate of drug-likeness (QED) is 0.589. The molecule has 160 valence electrons. The number of hydrogen-bond acceptors (Lipinski definition) is 3. The second-order valence-electron chi connectivity index (χ2n) is 8.28. The number of amidine groups is 1. The number of halogens is 1. The summed E-state index contributed by atoms with van der Waals surface area (Å²) in [7, 11) is 0. The Labute approximate surface area is 175 Å². The van der Waals surface area contributed by atoms with Gasteiger partial charge in [-0.15, -0.1) is 0 Å². The van der Waals surface area contributed by atoms with Gasteiger partial charge in [-0.2, -0.15) is 0 Å². The molecule has 1 saturated heterocycles. The first-order valence-corrected chi connectivity index (χ1v) is 10.9. The van der Waals surface area contributed by atoms with Gasteiger partial charge in [0, 0.05) is 37.1 Å². The van der Waals surface area contributed by atoms with E-state index in [1.807, 2.05) is 6.92 Å². The molecule has 1 aromatic carbocycles. The molecule has 2 aromatic rings. The van der Waals surface area contributed by atoms with Crippen LogP contribution < -0.4 is 5.43 Å². The van der Waals surface area contributed by atoms with Gasteiger partial charge in [-0.25, -0.2) is 14.2 Å². The van der Waals surface area contributed by atoms with Crippen molar-refractivity contribution in [3.8, 4) is 0 Å². The van der Waals surface area contributed by atoms with Gasteiger partial charge in [0.15, 0.2) is 0 Å². The molecule has 2 fully saturated rings. The third-order valence-electron chi connectivity index (χ3n) is 6.36. The predicted molar refractivity (Wildman–Crippen MR) is 115 cm³/mol. The number of pyridine rings is 1. The molecule has 2 aliphatic rings. The van der Waals surface area contributed by atoms with E-state index in [9.17, 15) is 14.7 Å². The molecule has 4 rings (SSSR count). The van der Waals surface area contributed by atoms with Gasteiger partial charge in [-0.1, -0.05) is 12.8 Å². The SMILES string of the molecule is CCn1cc(C(=O)O)c(=O)c2cc(F)c(N=C(C3CCCC3)N3CCCCC3)cc21. The van der Waals surface area contributed by atoms with E-state index in [0.717, 1.165) is 50.7 Å². The van der Waals surface area contributed by atoms with E-state index >= 15 is 4.39 Å². The topological polar surface area (TPSA) is 74.9 Å². The Hall–Kier alpha value is -2.70. The number of carbonyl (C=O) groups is 1. The van der Waals surface area contributed by atoms with Crippen LogP contribution in [0.1, 0.15) is 62.2 Å². The Morgan fingerprint density at radius 2 is 1.87 bits per heavy atom. The maximum Gasteiger partial charge on any atom is 0.341 e. The summed E-state index contributed by atoms with van der Waals surface area (Å²) < 4.78 is 16.7. The number of rotatable bonds is 4. The lowest BCUT2D eigenvalue weighted by Gasteiger charge is -2.32. The number of aromatic nitrogens is 1. The Balaban J connectivity index is 1.86. The minimum absolute atomic E-state index is 0.0774. The number of piperidine rings is 1. The number of hydrogen-bond donors (Lipinski definition) is 1. The molecule has 1 N–H and O–H groups in total. The smallest absolute Gasteiger partial charge is 0.341 e. The molecule has 0 unspecified atom stereocenters. The highest BCUT2D eigenvalue weighted by atomic mass is 19.1. The molecule has 2 heterocycles. The Kier molecular flexibility index (Phi) is 5.88. The molecule has 0 atom stereocenters. The lowest BCUT2D eigenvalue weighted by molar-refractivity contribution is 0.0695. The van der Waals surface area contributed by atoms with Crippen LogP contribution in [0.2, 0.25) is 0 Å². The van der Waals surface area contributed by atoms with Crippen molar-refractivity contribution in [1.82, 2.24) is 9.47 Å². The minimum atomic E-state index is -1.31. The van der Waals surface area contributed by atoms with Gasteiger partial charge < -0.3 is 14.6 Å². The number of aliphatic imine (C=N–C) groups is 1. The zero-order valence-electron chi connectivity index (χ0n) is 17.4. The van der Waals surface area contributed by atoms with E-state index in [1.165, 1.54) is 25.5 Å². The molecule has 7 heteroatoms. The standard InChI is InChI=1S/C23H28FN3O3/c1-2-26-14-17(23(29)30)21(28)16-12-18(24)19(13-20(16)26)25-22(15-8-4-5-9-15)27-10-6-3-7-11-27/h12-15H,2-11H2,1H3,(H,29,30). The molecule has 1 aliphatic heterocycles. The molecule has 1 aromatic heterocycles. The Morgan fingerprint density at radius 1 is 1.17 bits per heavy atom. The predicted octanol–water partition coefficient (Wildman–Crippen LogP) is 4.56. The lowest BCUT2D eigenvalue weighted by atomic mass is 10.0. The van der Waals surface area contributed by atoms with E-state index in [0.29, 0.717) is 18.0 Å². The van der Waals surface area contributed by atoms with E-state index < -0.39 is 17.2 Å². The van der Waals surface area contributed by atoms with Crippen LogP contribution in [0.4, 0.5) is 10.1 Å². The first-order valence-electron chi connectivity index (χ1n) is 10.9. The van der Waals surface area contributed by atoms with E-state index in [1.54, 1.807) is 10.6 Å². The highest BCUT2D eigenvalue weighted by Crippen LogP contribution is 2.32. The van der Waals surface area contributed by atoms with Crippen molar-refractivity contribution < 1.29 is 14.3 Å². The van der Waals surface area contributed by atoms with Gasteiger partial charge in [0.25, 0.3) is 0 Å². The lowest BCUT2D eigenvalue weighted by Crippen LogP contribution is -2.39. The first-order chi connectivity index (χ1) is 14.5. The number of fused-ring (bicyclic) bond motifs is 1. The van der Waals surface area contributed by atoms with Crippen LogP contribution >= 0.6 is 0 Å². The van der Waals surface area contributed by atoms with E-state index in [4.69, 9.17) is 4.99 Å². The number of likely N-dealkylation sites (tertiary alicyclic amines) is 1. The van der Waals surface area contributed by atoms with Gasteiger partial charge in [0.05, 0.1) is 5.52 Å². The van der Waals surface area contributed by atoms with Gasteiger partial charge in [0.2, 0.25) is 5.43 Å². The summed E-state index contributed by atoms with van der Waals surface area (Å²) in [5, 5.41) is 9.40. The maximum atomic E-state index is 15.1. The number of nitrogens with zero attached hydrogens (tertiary/aromatic N) is 3. The molecule has 0 spiro atoms. The summed E-state index contributed by atoms with van der Waals surface area (Å²) in [5.74, 6) is -0.573. The molecule has 30 heavy (non-hydrogen) atoms. The Morgan fingerprint density at radius 3 is 2.50 bits per heavy atom. The normalized spacial score (nSPS) is 18.3. The van der Waals surface area contributed by atoms with Crippen LogP contribution in [0.25, 0.3) is 10.9 Å². The summed E-state index contributed by atoms with van der Waals surface area (Å²) in [6.07, 6.45) is 9.29. The van der Waals surface area contributed by atoms with Crippen molar-refractivity contribution in [2.24, 2.45) is 10.9 Å². The first kappa shape index (κ1) is 20.6. The van der Waals surface area contributed by atoms with Gasteiger partial charge >= 0.3 is 5.97 Å². The van der Waals surface area contributed by atoms with Gasteiger partial charge in [-0.05, 0) is 51.2 Å². The summed E-state index contributed by atoms with van der Waals surface area (Å²) in [6, 6.07) is 2.75. The number of aromatic carboxylic acids is 1. The Bertz CT molecular complexity index is 1050. The fraction of sp³-hybridized carbons (Fsp3) is 0.522. The van der Waals surface area contributed by atoms with Crippen molar-refractivity contribution in [2.45, 2.75) is 58.4 Å². The van der Waals surface area contributed by atoms with Crippen LogP contribution in [-0.2, 0) is 6.54 Å². The zero-order chi connectivity index (χ0) is 21.3. The molecular weight excluding hydrogens is 385 g/mol. The molecule has 0 amide bonds. The van der Waals surface area contributed by atoms with Crippen LogP contribution in [0.5, 0.6) is 0 Å². The average Bonchev–Trinajstić information content (AvgIpc) is 3.28. The third kappa shape index (κ3) is 3.85. The van der Waals surface area contributed by atoms with E-state index in [-0.39, 0.29) is 16.6 Å². The van der Waals surface area contributed by atoms with Crippen molar-refractivity contribution in [2.75, 3.05) is 13.1 Å². The largest absolute Gasteiger partial charge is 0.477 e. The second-order valence-corrected chi connectivity index (χ2v) is 8.28. The molecule has 0 radical (unpaired) electrons. The molecule has 1 saturated carbocycles. The molecule has 1 aliphatic carbocycles. The monoisotopic (exact) mass is 413 g/mol. The summed E-state index contributed by atoms with van der Waals surface area (Å²) in [6.45, 7) is 4.23. The highest BCUT2D eigenvalue weighted by molar-refractivity contribution is 5.94. The molecule has 0 bridgehead atoms. The number of carboxylic acids is 1. The summed E-state index contributed by atoms with van der Waals surface area (Å²) >= 11 is 0. The van der Waals surface area contributed by atoms with Crippen LogP contribution in [0, 0.1) is 11.7 Å². The highest BCUT2D eigenvalue weighted by Gasteiger charge is 2.27. The van der Waals surface area contributed by atoms with Crippen molar-refractivity contribution in [3.63, 3.8) is 0 Å². The third-order valence-corrected chi connectivity index (χ3v) is 6.36. The van der Waals surface area contributed by atoms with E-state index in [2.05, 4.69) is 4.90 Å². The zero-order valence-corrected chi connectivity index (χ0v) is 17.4. The second kappa shape index (κ2) is 8.58. The van der Waals surface area contributed by atoms with Crippen molar-refractivity contribution in [1.29, 1.82) is 0 Å². The fourth-order valence-electron chi connectivity index (χ4n) is 4.75.